The maximum atomic E-state index is 4.90. The number of aromatic nitrogens is 3. The molecule has 0 atom stereocenters. The number of nitrogens with zero attached hydrogens (tertiary/aromatic N) is 3. The van der Waals surface area contributed by atoms with E-state index >= 15 is 0 Å². The van der Waals surface area contributed by atoms with Crippen molar-refractivity contribution in [3.05, 3.63) is 17.4 Å². The molecule has 0 aliphatic rings. The molecular formula is C6H5N3OS. The molecule has 0 saturated carbocycles. The zero-order valence-corrected chi connectivity index (χ0v) is 6.63. The van der Waals surface area contributed by atoms with Crippen molar-refractivity contribution in [1.29, 1.82) is 0 Å². The van der Waals surface area contributed by atoms with Crippen molar-refractivity contribution < 1.29 is 4.52 Å². The van der Waals surface area contributed by atoms with Crippen molar-refractivity contribution in [3.63, 3.8) is 0 Å². The number of rotatable bonds is 1. The first-order chi connectivity index (χ1) is 5.36. The minimum atomic E-state index is 0.498. The van der Waals surface area contributed by atoms with E-state index in [9.17, 15) is 0 Å². The van der Waals surface area contributed by atoms with Crippen molar-refractivity contribution in [3.8, 4) is 10.9 Å². The van der Waals surface area contributed by atoms with Crippen LogP contribution in [0.15, 0.2) is 16.1 Å². The molecule has 2 aromatic heterocycles. The van der Waals surface area contributed by atoms with Gasteiger partial charge in [-0.1, -0.05) is 5.16 Å². The first-order valence-corrected chi connectivity index (χ1v) is 3.94. The summed E-state index contributed by atoms with van der Waals surface area (Å²) in [4.78, 5) is 8.05. The summed E-state index contributed by atoms with van der Waals surface area (Å²) in [5, 5.41) is 6.29. The summed E-state index contributed by atoms with van der Waals surface area (Å²) in [6, 6.07) is 0. The van der Waals surface area contributed by atoms with Gasteiger partial charge in [-0.25, -0.2) is 4.98 Å². The Labute approximate surface area is 66.9 Å². The summed E-state index contributed by atoms with van der Waals surface area (Å²) in [6.07, 6.45) is 1.71. The van der Waals surface area contributed by atoms with Gasteiger partial charge in [0.1, 0.15) is 0 Å². The van der Waals surface area contributed by atoms with E-state index in [0.29, 0.717) is 11.7 Å². The third-order valence-corrected chi connectivity index (χ3v) is 1.90. The van der Waals surface area contributed by atoms with Crippen LogP contribution in [0.5, 0.6) is 0 Å². The molecule has 5 heteroatoms. The van der Waals surface area contributed by atoms with Crippen molar-refractivity contribution in [2.24, 2.45) is 0 Å². The molecule has 2 rings (SSSR count). The average Bonchev–Trinajstić information content (AvgIpc) is 2.55. The van der Waals surface area contributed by atoms with Crippen LogP contribution in [0.3, 0.4) is 0 Å². The van der Waals surface area contributed by atoms with Crippen LogP contribution in [0, 0.1) is 6.92 Å². The molecule has 11 heavy (non-hydrogen) atoms. The number of thiazole rings is 1. The second-order valence-corrected chi connectivity index (χ2v) is 2.88. The maximum Gasteiger partial charge on any atom is 0.286 e. The summed E-state index contributed by atoms with van der Waals surface area (Å²) in [7, 11) is 0. The molecule has 4 nitrogen and oxygen atoms in total. The SMILES string of the molecule is Cc1noc(-c2nccs2)n1. The number of aryl methyl sites for hydroxylation is 1. The van der Waals surface area contributed by atoms with Crippen LogP contribution in [0.25, 0.3) is 10.9 Å². The fraction of sp³-hybridized carbons (Fsp3) is 0.167. The molecule has 0 radical (unpaired) electrons. The van der Waals surface area contributed by atoms with Gasteiger partial charge >= 0.3 is 0 Å². The van der Waals surface area contributed by atoms with Crippen LogP contribution >= 0.6 is 11.3 Å². The van der Waals surface area contributed by atoms with Gasteiger partial charge in [0.15, 0.2) is 10.8 Å². The van der Waals surface area contributed by atoms with E-state index in [1.165, 1.54) is 11.3 Å². The molecule has 2 heterocycles. The lowest BCUT2D eigenvalue weighted by Gasteiger charge is -1.79. The van der Waals surface area contributed by atoms with Crippen LogP contribution < -0.4 is 0 Å². The molecule has 0 N–H and O–H groups in total. The lowest BCUT2D eigenvalue weighted by atomic mass is 10.6. The van der Waals surface area contributed by atoms with Crippen molar-refractivity contribution >= 4 is 11.3 Å². The quantitative estimate of drug-likeness (QED) is 0.645. The molecule has 2 aromatic rings. The maximum absolute atomic E-state index is 4.90. The Bertz CT molecular complexity index is 340. The molecule has 0 spiro atoms. The van der Waals surface area contributed by atoms with Gasteiger partial charge in [-0.05, 0) is 6.92 Å². The van der Waals surface area contributed by atoms with Gasteiger partial charge in [0.05, 0.1) is 0 Å². The lowest BCUT2D eigenvalue weighted by molar-refractivity contribution is 0.425. The van der Waals surface area contributed by atoms with E-state index in [1.54, 1.807) is 13.1 Å². The van der Waals surface area contributed by atoms with E-state index in [2.05, 4.69) is 15.1 Å². The van der Waals surface area contributed by atoms with Crippen LogP contribution in [-0.4, -0.2) is 15.1 Å². The van der Waals surface area contributed by atoms with Gasteiger partial charge in [0, 0.05) is 11.6 Å². The summed E-state index contributed by atoms with van der Waals surface area (Å²) in [5.74, 6) is 1.13. The van der Waals surface area contributed by atoms with Gasteiger partial charge < -0.3 is 4.52 Å². The second-order valence-electron chi connectivity index (χ2n) is 1.98. The predicted molar refractivity (Wildman–Crippen MR) is 40.1 cm³/mol. The fourth-order valence-electron chi connectivity index (χ4n) is 0.713. The predicted octanol–water partition coefficient (Wildman–Crippen LogP) is 1.50. The molecule has 0 aliphatic carbocycles. The Hall–Kier alpha value is -1.23. The van der Waals surface area contributed by atoms with Crippen LogP contribution in [0.2, 0.25) is 0 Å². The average molecular weight is 167 g/mol. The fourth-order valence-corrected chi connectivity index (χ4v) is 1.27. The third kappa shape index (κ3) is 1.14. The Morgan fingerprint density at radius 3 is 3.00 bits per heavy atom. The standard InChI is InChI=1S/C6H5N3OS/c1-4-8-5(10-9-4)6-7-2-3-11-6/h2-3H,1H3. The van der Waals surface area contributed by atoms with E-state index in [1.807, 2.05) is 5.38 Å². The molecule has 56 valence electrons. The second kappa shape index (κ2) is 2.43. The first-order valence-electron chi connectivity index (χ1n) is 3.06. The van der Waals surface area contributed by atoms with Crippen molar-refractivity contribution in [2.45, 2.75) is 6.92 Å². The minimum Gasteiger partial charge on any atom is -0.331 e. The summed E-state index contributed by atoms with van der Waals surface area (Å²) < 4.78 is 4.90. The topological polar surface area (TPSA) is 51.8 Å². The van der Waals surface area contributed by atoms with E-state index in [0.717, 1.165) is 5.01 Å². The number of hydrogen-bond acceptors (Lipinski definition) is 5. The first kappa shape index (κ1) is 6.48. The van der Waals surface area contributed by atoms with E-state index < -0.39 is 0 Å². The third-order valence-electron chi connectivity index (χ3n) is 1.14. The largest absolute Gasteiger partial charge is 0.331 e. The zero-order chi connectivity index (χ0) is 7.68. The Morgan fingerprint density at radius 1 is 1.55 bits per heavy atom. The smallest absolute Gasteiger partial charge is 0.286 e. The van der Waals surface area contributed by atoms with E-state index in [-0.39, 0.29) is 0 Å². The molecular weight excluding hydrogens is 162 g/mol. The molecule has 0 amide bonds. The monoisotopic (exact) mass is 167 g/mol. The highest BCUT2D eigenvalue weighted by Crippen LogP contribution is 2.18. The summed E-state index contributed by atoms with van der Waals surface area (Å²) >= 11 is 1.48. The molecule has 0 unspecified atom stereocenters. The molecule has 0 fully saturated rings. The van der Waals surface area contributed by atoms with Crippen molar-refractivity contribution in [2.75, 3.05) is 0 Å². The zero-order valence-electron chi connectivity index (χ0n) is 5.81. The van der Waals surface area contributed by atoms with Gasteiger partial charge in [-0.3, -0.25) is 0 Å². The molecule has 0 aromatic carbocycles. The Morgan fingerprint density at radius 2 is 2.45 bits per heavy atom. The molecule has 0 saturated heterocycles. The van der Waals surface area contributed by atoms with Gasteiger partial charge in [-0.2, -0.15) is 4.98 Å². The Kier molecular flexibility index (Phi) is 1.43. The van der Waals surface area contributed by atoms with Gasteiger partial charge in [0.25, 0.3) is 5.89 Å². The highest BCUT2D eigenvalue weighted by atomic mass is 32.1. The van der Waals surface area contributed by atoms with Crippen LogP contribution in [0.1, 0.15) is 5.82 Å². The normalized spacial score (nSPS) is 10.3. The molecule has 0 aliphatic heterocycles. The van der Waals surface area contributed by atoms with Gasteiger partial charge in [0.2, 0.25) is 0 Å². The van der Waals surface area contributed by atoms with Gasteiger partial charge in [-0.15, -0.1) is 11.3 Å². The molecule has 0 bridgehead atoms. The van der Waals surface area contributed by atoms with Crippen LogP contribution in [0.4, 0.5) is 0 Å². The lowest BCUT2D eigenvalue weighted by Crippen LogP contribution is -1.74. The van der Waals surface area contributed by atoms with Crippen molar-refractivity contribution in [1.82, 2.24) is 15.1 Å². The van der Waals surface area contributed by atoms with Crippen LogP contribution in [-0.2, 0) is 0 Å². The summed E-state index contributed by atoms with van der Waals surface area (Å²) in [5.41, 5.74) is 0. The number of hydrogen-bond donors (Lipinski definition) is 0. The Balaban J connectivity index is 2.45. The highest BCUT2D eigenvalue weighted by molar-refractivity contribution is 7.12. The summed E-state index contributed by atoms with van der Waals surface area (Å²) in [6.45, 7) is 1.78. The highest BCUT2D eigenvalue weighted by Gasteiger charge is 2.07. The minimum absolute atomic E-state index is 0.498. The van der Waals surface area contributed by atoms with E-state index in [4.69, 9.17) is 4.52 Å².